The first-order valence-corrected chi connectivity index (χ1v) is 6.68. The van der Waals surface area contributed by atoms with Gasteiger partial charge in [0, 0.05) is 23.2 Å². The van der Waals surface area contributed by atoms with E-state index < -0.39 is 0 Å². The Balaban J connectivity index is 2.04. The predicted molar refractivity (Wildman–Crippen MR) is 85.6 cm³/mol. The average Bonchev–Trinajstić information content (AvgIpc) is 2.45. The molecule has 4 heteroatoms. The Morgan fingerprint density at radius 2 is 1.90 bits per heavy atom. The van der Waals surface area contributed by atoms with Gasteiger partial charge in [0.25, 0.3) is 0 Å². The van der Waals surface area contributed by atoms with Crippen molar-refractivity contribution in [2.75, 3.05) is 11.1 Å². The molecule has 2 aromatic carbocycles. The summed E-state index contributed by atoms with van der Waals surface area (Å²) in [5.74, 6) is 0. The number of hydrogen-bond donors (Lipinski definition) is 2. The summed E-state index contributed by atoms with van der Waals surface area (Å²) in [6.07, 6.45) is 3.54. The third kappa shape index (κ3) is 2.28. The molecule has 0 spiro atoms. The van der Waals surface area contributed by atoms with Gasteiger partial charge >= 0.3 is 0 Å². The molecule has 0 fully saturated rings. The molecule has 3 aromatic rings. The second kappa shape index (κ2) is 5.02. The Labute approximate surface area is 122 Å². The molecule has 0 aliphatic carbocycles. The second-order valence-electron chi connectivity index (χ2n) is 4.73. The number of nitrogens with two attached hydrogens (primary N) is 1. The minimum Gasteiger partial charge on any atom is -0.397 e. The third-order valence-corrected chi connectivity index (χ3v) is 3.57. The zero-order valence-corrected chi connectivity index (χ0v) is 11.8. The summed E-state index contributed by atoms with van der Waals surface area (Å²) in [6.45, 7) is 2.01. The highest BCUT2D eigenvalue weighted by Gasteiger charge is 2.06. The number of nitrogens with zero attached hydrogens (tertiary/aromatic N) is 1. The van der Waals surface area contributed by atoms with Crippen LogP contribution >= 0.6 is 11.6 Å². The van der Waals surface area contributed by atoms with Crippen LogP contribution < -0.4 is 11.1 Å². The molecule has 0 radical (unpaired) electrons. The monoisotopic (exact) mass is 283 g/mol. The van der Waals surface area contributed by atoms with Crippen LogP contribution in [0.1, 0.15) is 5.56 Å². The van der Waals surface area contributed by atoms with Crippen molar-refractivity contribution < 1.29 is 0 Å². The van der Waals surface area contributed by atoms with Crippen molar-refractivity contribution >= 4 is 39.4 Å². The standard InChI is InChI=1S/C16H14ClN3/c1-10-2-4-14(13(17)8-10)20-15-5-3-11-9-19-7-6-12(11)16(15)18/h2-9,20H,18H2,1H3. The van der Waals surface area contributed by atoms with E-state index in [1.807, 2.05) is 43.3 Å². The van der Waals surface area contributed by atoms with Crippen LogP contribution in [0.5, 0.6) is 0 Å². The Hall–Kier alpha value is -2.26. The minimum absolute atomic E-state index is 0.680. The Bertz CT molecular complexity index is 784. The summed E-state index contributed by atoms with van der Waals surface area (Å²) in [5.41, 5.74) is 9.72. The first-order valence-electron chi connectivity index (χ1n) is 6.30. The summed E-state index contributed by atoms with van der Waals surface area (Å²) in [7, 11) is 0. The fraction of sp³-hybridized carbons (Fsp3) is 0.0625. The predicted octanol–water partition coefficient (Wildman–Crippen LogP) is 4.52. The number of nitrogens with one attached hydrogen (secondary N) is 1. The quantitative estimate of drug-likeness (QED) is 0.680. The lowest BCUT2D eigenvalue weighted by molar-refractivity contribution is 1.36. The van der Waals surface area contributed by atoms with Gasteiger partial charge in [0.15, 0.2) is 0 Å². The molecule has 20 heavy (non-hydrogen) atoms. The lowest BCUT2D eigenvalue weighted by Crippen LogP contribution is -1.98. The molecule has 0 atom stereocenters. The van der Waals surface area contributed by atoms with Crippen molar-refractivity contribution in [3.05, 3.63) is 59.4 Å². The van der Waals surface area contributed by atoms with E-state index in [1.54, 1.807) is 12.4 Å². The van der Waals surface area contributed by atoms with Crippen LogP contribution in [0.25, 0.3) is 10.8 Å². The molecule has 0 bridgehead atoms. The van der Waals surface area contributed by atoms with Crippen molar-refractivity contribution in [2.45, 2.75) is 6.92 Å². The van der Waals surface area contributed by atoms with E-state index in [1.165, 1.54) is 0 Å². The number of fused-ring (bicyclic) bond motifs is 1. The number of aryl methyl sites for hydroxylation is 1. The van der Waals surface area contributed by atoms with E-state index in [4.69, 9.17) is 17.3 Å². The van der Waals surface area contributed by atoms with E-state index in [9.17, 15) is 0 Å². The number of benzene rings is 2. The maximum Gasteiger partial charge on any atom is 0.0643 e. The molecule has 1 heterocycles. The molecule has 0 amide bonds. The molecule has 0 aliphatic rings. The lowest BCUT2D eigenvalue weighted by Gasteiger charge is -2.13. The van der Waals surface area contributed by atoms with Crippen LogP contribution in [0, 0.1) is 6.92 Å². The van der Waals surface area contributed by atoms with Crippen molar-refractivity contribution in [2.24, 2.45) is 0 Å². The van der Waals surface area contributed by atoms with Gasteiger partial charge in [-0.25, -0.2) is 0 Å². The van der Waals surface area contributed by atoms with Crippen molar-refractivity contribution in [1.29, 1.82) is 0 Å². The van der Waals surface area contributed by atoms with Crippen LogP contribution in [-0.4, -0.2) is 4.98 Å². The topological polar surface area (TPSA) is 50.9 Å². The Morgan fingerprint density at radius 1 is 1.10 bits per heavy atom. The summed E-state index contributed by atoms with van der Waals surface area (Å²) in [4.78, 5) is 4.09. The van der Waals surface area contributed by atoms with Gasteiger partial charge in [0.2, 0.25) is 0 Å². The van der Waals surface area contributed by atoms with Gasteiger partial charge in [-0.15, -0.1) is 0 Å². The lowest BCUT2D eigenvalue weighted by atomic mass is 10.1. The van der Waals surface area contributed by atoms with E-state index in [-0.39, 0.29) is 0 Å². The first-order chi connectivity index (χ1) is 9.65. The summed E-state index contributed by atoms with van der Waals surface area (Å²) < 4.78 is 0. The van der Waals surface area contributed by atoms with Crippen LogP contribution in [0.3, 0.4) is 0 Å². The number of pyridine rings is 1. The fourth-order valence-corrected chi connectivity index (χ4v) is 2.45. The summed E-state index contributed by atoms with van der Waals surface area (Å²) in [5, 5.41) is 5.96. The molecular formula is C16H14ClN3. The maximum atomic E-state index is 6.24. The highest BCUT2D eigenvalue weighted by molar-refractivity contribution is 6.33. The molecule has 3 rings (SSSR count). The molecule has 3 nitrogen and oxygen atoms in total. The average molecular weight is 284 g/mol. The van der Waals surface area contributed by atoms with Crippen LogP contribution in [-0.2, 0) is 0 Å². The zero-order valence-electron chi connectivity index (χ0n) is 11.0. The van der Waals surface area contributed by atoms with Gasteiger partial charge in [-0.3, -0.25) is 4.98 Å². The van der Waals surface area contributed by atoms with Gasteiger partial charge in [0.1, 0.15) is 0 Å². The van der Waals surface area contributed by atoms with Crippen LogP contribution in [0.2, 0.25) is 5.02 Å². The fourth-order valence-electron chi connectivity index (χ4n) is 2.17. The number of aromatic nitrogens is 1. The highest BCUT2D eigenvalue weighted by Crippen LogP contribution is 2.33. The molecule has 0 aliphatic heterocycles. The summed E-state index contributed by atoms with van der Waals surface area (Å²) >= 11 is 6.24. The van der Waals surface area contributed by atoms with Crippen molar-refractivity contribution in [3.63, 3.8) is 0 Å². The maximum absolute atomic E-state index is 6.24. The van der Waals surface area contributed by atoms with Gasteiger partial charge in [-0.05, 0) is 36.8 Å². The highest BCUT2D eigenvalue weighted by atomic mass is 35.5. The van der Waals surface area contributed by atoms with E-state index in [0.717, 1.165) is 27.7 Å². The van der Waals surface area contributed by atoms with Crippen molar-refractivity contribution in [3.8, 4) is 0 Å². The number of rotatable bonds is 2. The normalized spacial score (nSPS) is 10.7. The number of hydrogen-bond acceptors (Lipinski definition) is 3. The summed E-state index contributed by atoms with van der Waals surface area (Å²) in [6, 6.07) is 11.7. The molecule has 3 N–H and O–H groups in total. The zero-order chi connectivity index (χ0) is 14.1. The molecule has 0 saturated carbocycles. The molecule has 0 saturated heterocycles. The Morgan fingerprint density at radius 3 is 2.70 bits per heavy atom. The molecule has 0 unspecified atom stereocenters. The van der Waals surface area contributed by atoms with Crippen LogP contribution in [0.4, 0.5) is 17.1 Å². The smallest absolute Gasteiger partial charge is 0.0643 e. The molecule has 1 aromatic heterocycles. The number of halogens is 1. The van der Waals surface area contributed by atoms with Crippen LogP contribution in [0.15, 0.2) is 48.8 Å². The van der Waals surface area contributed by atoms with E-state index in [0.29, 0.717) is 10.7 Å². The first kappa shape index (κ1) is 12.8. The third-order valence-electron chi connectivity index (χ3n) is 3.26. The number of nitrogen functional groups attached to an aromatic ring is 1. The van der Waals surface area contributed by atoms with Gasteiger partial charge in [0.05, 0.1) is 22.1 Å². The second-order valence-corrected chi connectivity index (χ2v) is 5.14. The van der Waals surface area contributed by atoms with Gasteiger partial charge < -0.3 is 11.1 Å². The SMILES string of the molecule is Cc1ccc(Nc2ccc3cnccc3c2N)c(Cl)c1. The van der Waals surface area contributed by atoms with Gasteiger partial charge in [-0.2, -0.15) is 0 Å². The molecular weight excluding hydrogens is 270 g/mol. The number of anilines is 3. The van der Waals surface area contributed by atoms with Gasteiger partial charge in [-0.1, -0.05) is 23.7 Å². The largest absolute Gasteiger partial charge is 0.397 e. The molecule has 100 valence electrons. The Kier molecular flexibility index (Phi) is 3.20. The van der Waals surface area contributed by atoms with Crippen molar-refractivity contribution in [1.82, 2.24) is 4.98 Å². The van der Waals surface area contributed by atoms with E-state index in [2.05, 4.69) is 10.3 Å². The minimum atomic E-state index is 0.680. The van der Waals surface area contributed by atoms with E-state index >= 15 is 0 Å².